The van der Waals surface area contributed by atoms with E-state index >= 15 is 4.39 Å². The van der Waals surface area contributed by atoms with Crippen LogP contribution in [0.1, 0.15) is 11.8 Å². The van der Waals surface area contributed by atoms with Gasteiger partial charge >= 0.3 is 14.5 Å². The van der Waals surface area contributed by atoms with Crippen molar-refractivity contribution in [2.75, 3.05) is 26.1 Å². The van der Waals surface area contributed by atoms with E-state index in [1.165, 1.54) is 16.6 Å². The summed E-state index contributed by atoms with van der Waals surface area (Å²) in [5.74, 6) is -3.16. The van der Waals surface area contributed by atoms with Gasteiger partial charge in [0.1, 0.15) is 60.7 Å². The summed E-state index contributed by atoms with van der Waals surface area (Å²) >= 11 is 4.69. The predicted molar refractivity (Wildman–Crippen MR) is 145 cm³/mol. The summed E-state index contributed by atoms with van der Waals surface area (Å²) in [6.45, 7) is -3.74. The molecule has 2 aromatic rings. The number of nitrogen functional groups attached to an aromatic ring is 1. The zero-order valence-electron chi connectivity index (χ0n) is 22.6. The standard InChI is InChI=1S/C21H31FN4O15P2S/c1-3-20(36-2)16(9-4-5-10-17(23)24-8-25-26(9)10)39-21(22,19(20)32)7-37-43(35,44)41-42(33,34)40-18-14(31)12(29)13(30)15(38-18)11(28)6-27/h3-5,8,11-16,18-19,27-32H,1,6-7H2,2H3,(H,33,34)(H,35,44)(H2,23,24,25)/t11-,12?,13?,14?,15?,16-,18?,19-,20-,21+,43?/m0/s1. The second kappa shape index (κ2) is 12.9. The molecule has 7 unspecified atom stereocenters. The number of fused-ring (bicyclic) bond motifs is 1. The molecule has 0 amide bonds. The third-order valence-corrected chi connectivity index (χ3v) is 10.5. The molecule has 44 heavy (non-hydrogen) atoms. The molecular weight excluding hydrogens is 661 g/mol. The Morgan fingerprint density at radius 3 is 2.57 bits per heavy atom. The number of hydrogen-bond acceptors (Lipinski definition) is 17. The first-order valence-corrected chi connectivity index (χ1v) is 16.5. The van der Waals surface area contributed by atoms with Crippen LogP contribution in [0.25, 0.3) is 5.52 Å². The first-order chi connectivity index (χ1) is 20.5. The minimum Gasteiger partial charge on any atom is -0.394 e. The number of nitrogens with two attached hydrogens (primary N) is 1. The van der Waals surface area contributed by atoms with Crippen LogP contribution in [0.5, 0.6) is 0 Å². The highest BCUT2D eigenvalue weighted by Gasteiger charge is 2.66. The Morgan fingerprint density at radius 2 is 1.95 bits per heavy atom. The van der Waals surface area contributed by atoms with Crippen LogP contribution in [0.2, 0.25) is 0 Å². The van der Waals surface area contributed by atoms with E-state index in [1.807, 2.05) is 0 Å². The third-order valence-electron chi connectivity index (χ3n) is 7.05. The predicted octanol–water partition coefficient (Wildman–Crippen LogP) is -2.49. The van der Waals surface area contributed by atoms with Crippen LogP contribution in [0, 0.1) is 0 Å². The summed E-state index contributed by atoms with van der Waals surface area (Å²) in [7, 11) is -4.47. The van der Waals surface area contributed by atoms with E-state index < -0.39 is 88.2 Å². The molecular formula is C21H31FN4O15P2S. The van der Waals surface area contributed by atoms with Crippen molar-refractivity contribution in [1.29, 1.82) is 0 Å². The smallest absolute Gasteiger partial charge is 0.394 e. The van der Waals surface area contributed by atoms with Crippen molar-refractivity contribution in [3.05, 3.63) is 36.8 Å². The van der Waals surface area contributed by atoms with Crippen molar-refractivity contribution in [3.8, 4) is 0 Å². The van der Waals surface area contributed by atoms with Gasteiger partial charge in [0, 0.05) is 7.11 Å². The van der Waals surface area contributed by atoms with Gasteiger partial charge in [-0.05, 0) is 23.9 Å². The van der Waals surface area contributed by atoms with E-state index in [0.29, 0.717) is 5.52 Å². The summed E-state index contributed by atoms with van der Waals surface area (Å²) in [5, 5.41) is 64.0. The normalized spacial score (nSPS) is 37.8. The number of methoxy groups -OCH3 is 1. The number of halogens is 1. The number of aromatic nitrogens is 3. The van der Waals surface area contributed by atoms with E-state index in [2.05, 4.69) is 25.5 Å². The van der Waals surface area contributed by atoms with Gasteiger partial charge in [-0.1, -0.05) is 6.08 Å². The van der Waals surface area contributed by atoms with Gasteiger partial charge in [-0.3, -0.25) is 4.52 Å². The van der Waals surface area contributed by atoms with Crippen molar-refractivity contribution in [2.24, 2.45) is 0 Å². The summed E-state index contributed by atoms with van der Waals surface area (Å²) in [6.07, 6.45) is -13.6. The van der Waals surface area contributed by atoms with Gasteiger partial charge in [0.15, 0.2) is 18.2 Å². The first-order valence-electron chi connectivity index (χ1n) is 12.5. The summed E-state index contributed by atoms with van der Waals surface area (Å²) in [4.78, 5) is 24.5. The second-order valence-corrected chi connectivity index (χ2v) is 14.1. The topological polar surface area (TPSA) is 290 Å². The largest absolute Gasteiger partial charge is 0.481 e. The maximum atomic E-state index is 16.2. The number of hydrogen-bond donors (Lipinski definition) is 9. The zero-order valence-corrected chi connectivity index (χ0v) is 25.2. The number of phosphoric ester groups is 1. The molecule has 0 aromatic carbocycles. The van der Waals surface area contributed by atoms with Crippen LogP contribution < -0.4 is 5.73 Å². The second-order valence-electron chi connectivity index (χ2n) is 9.74. The lowest BCUT2D eigenvalue weighted by atomic mass is 9.88. The number of alkyl halides is 1. The van der Waals surface area contributed by atoms with Crippen molar-refractivity contribution in [2.45, 2.75) is 60.5 Å². The van der Waals surface area contributed by atoms with Crippen LogP contribution in [0.4, 0.5) is 10.2 Å². The molecule has 0 bridgehead atoms. The van der Waals surface area contributed by atoms with E-state index in [9.17, 15) is 39.9 Å². The van der Waals surface area contributed by atoms with Gasteiger partial charge in [0.2, 0.25) is 0 Å². The molecule has 4 heterocycles. The highest BCUT2D eigenvalue weighted by molar-refractivity contribution is 8.08. The fourth-order valence-electron chi connectivity index (χ4n) is 4.79. The Kier molecular flexibility index (Phi) is 10.3. The number of phosphoric acid groups is 1. The van der Waals surface area contributed by atoms with Crippen molar-refractivity contribution in [1.82, 2.24) is 14.6 Å². The van der Waals surface area contributed by atoms with Gasteiger partial charge in [-0.2, -0.15) is 5.10 Å². The lowest BCUT2D eigenvalue weighted by Crippen LogP contribution is -2.61. The fraction of sp³-hybridized carbons (Fsp3) is 0.619. The Hall–Kier alpha value is -1.59. The zero-order chi connectivity index (χ0) is 32.8. The van der Waals surface area contributed by atoms with Crippen molar-refractivity contribution in [3.63, 3.8) is 0 Å². The monoisotopic (exact) mass is 692 g/mol. The fourth-order valence-corrected chi connectivity index (χ4v) is 7.86. The van der Waals surface area contributed by atoms with Crippen LogP contribution in [0.15, 0.2) is 31.1 Å². The first kappa shape index (κ1) is 35.3. The lowest BCUT2D eigenvalue weighted by Gasteiger charge is -2.41. The molecule has 2 aliphatic rings. The number of aliphatic hydroxyl groups is 6. The number of anilines is 1. The Bertz CT molecular complexity index is 1460. The molecule has 2 saturated heterocycles. The lowest BCUT2D eigenvalue weighted by molar-refractivity contribution is -0.292. The maximum Gasteiger partial charge on any atom is 0.481 e. The highest BCUT2D eigenvalue weighted by Crippen LogP contribution is 2.62. The maximum absolute atomic E-state index is 16.2. The number of aliphatic hydroxyl groups excluding tert-OH is 6. The van der Waals surface area contributed by atoms with Gasteiger partial charge in [-0.15, -0.1) is 6.58 Å². The Balaban J connectivity index is 1.50. The summed E-state index contributed by atoms with van der Waals surface area (Å²) in [6, 6.07) is 2.94. The average molecular weight is 693 g/mol. The van der Waals surface area contributed by atoms with Crippen molar-refractivity contribution < 1.29 is 77.0 Å². The van der Waals surface area contributed by atoms with Crippen LogP contribution in [-0.2, 0) is 43.9 Å². The van der Waals surface area contributed by atoms with Crippen LogP contribution >= 0.6 is 14.5 Å². The minimum atomic E-state index is -5.60. The average Bonchev–Trinajstić information content (AvgIpc) is 3.49. The molecule has 0 aliphatic carbocycles. The molecule has 2 aromatic heterocycles. The molecule has 23 heteroatoms. The van der Waals surface area contributed by atoms with Gasteiger partial charge in [-0.25, -0.2) is 22.8 Å². The van der Waals surface area contributed by atoms with Gasteiger partial charge in [0.05, 0.1) is 12.3 Å². The molecule has 2 aliphatic heterocycles. The molecule has 2 fully saturated rings. The molecule has 0 radical (unpaired) electrons. The molecule has 4 rings (SSSR count). The van der Waals surface area contributed by atoms with Crippen LogP contribution in [0.3, 0.4) is 0 Å². The van der Waals surface area contributed by atoms with Gasteiger partial charge < -0.3 is 64.9 Å². The summed E-state index contributed by atoms with van der Waals surface area (Å²) < 4.78 is 60.0. The molecule has 19 nitrogen and oxygen atoms in total. The van der Waals surface area contributed by atoms with Crippen LogP contribution in [-0.4, -0.2) is 130 Å². The molecule has 0 saturated carbocycles. The molecule has 10 N–H and O–H groups in total. The van der Waals surface area contributed by atoms with E-state index in [1.54, 1.807) is 0 Å². The van der Waals surface area contributed by atoms with E-state index in [4.69, 9.17) is 41.4 Å². The van der Waals surface area contributed by atoms with E-state index in [-0.39, 0.29) is 11.5 Å². The molecule has 12 atom stereocenters. The number of rotatable bonds is 12. The quantitative estimate of drug-likeness (QED) is 0.0821. The van der Waals surface area contributed by atoms with Crippen molar-refractivity contribution >= 4 is 37.7 Å². The Morgan fingerprint density at radius 1 is 1.27 bits per heavy atom. The number of nitrogens with zero attached hydrogens (tertiary/aromatic N) is 3. The molecule has 0 spiro atoms. The van der Waals surface area contributed by atoms with Gasteiger partial charge in [0.25, 0.3) is 5.85 Å². The number of ether oxygens (including phenoxy) is 3. The summed E-state index contributed by atoms with van der Waals surface area (Å²) in [5.41, 5.74) is 4.31. The third kappa shape index (κ3) is 6.48. The Labute approximate surface area is 252 Å². The SMILES string of the molecule is C=C[C@]1(OC)[C@H](c2ccc3c(N)ncnn23)O[C@](F)(COP(O)(=S)OP(=O)(O)OC2OC([C@@H](O)CO)C(O)C(O)C2O)[C@H]1O. The minimum absolute atomic E-state index is 0.0759. The highest BCUT2D eigenvalue weighted by atomic mass is 32.5. The molecule has 248 valence electrons. The van der Waals surface area contributed by atoms with E-state index in [0.717, 1.165) is 19.5 Å².